The van der Waals surface area contributed by atoms with Crippen LogP contribution < -0.4 is 5.32 Å². The fourth-order valence-electron chi connectivity index (χ4n) is 3.80. The lowest BCUT2D eigenvalue weighted by Gasteiger charge is -2.34. The summed E-state index contributed by atoms with van der Waals surface area (Å²) < 4.78 is 0. The molecule has 5 nitrogen and oxygen atoms in total. The number of likely N-dealkylation sites (tertiary alicyclic amines) is 2. The number of nitrogens with one attached hydrogen (secondary N) is 1. The second kappa shape index (κ2) is 7.07. The predicted molar refractivity (Wildman–Crippen MR) is 84.6 cm³/mol. The zero-order valence-corrected chi connectivity index (χ0v) is 13.8. The van der Waals surface area contributed by atoms with Gasteiger partial charge in [-0.1, -0.05) is 6.42 Å². The molecule has 122 valence electrons. The fraction of sp³-hybridized carbons (Fsp3) is 0.938. The summed E-state index contributed by atoms with van der Waals surface area (Å²) in [5.74, 6) is -0.752. The molecule has 2 fully saturated rings. The van der Waals surface area contributed by atoms with E-state index in [4.69, 9.17) is 0 Å². The van der Waals surface area contributed by atoms with Gasteiger partial charge < -0.3 is 5.11 Å². The molecule has 5 heteroatoms. The molecule has 0 aromatic heterocycles. The highest BCUT2D eigenvalue weighted by molar-refractivity contribution is 5.78. The summed E-state index contributed by atoms with van der Waals surface area (Å²) in [6, 6.07) is 0.800. The van der Waals surface area contributed by atoms with Crippen LogP contribution in [-0.4, -0.2) is 71.2 Å². The zero-order valence-electron chi connectivity index (χ0n) is 13.8. The molecule has 0 spiro atoms. The van der Waals surface area contributed by atoms with Gasteiger partial charge in [0, 0.05) is 25.2 Å². The number of hydrogen-bond donors (Lipinski definition) is 2. The molecular formula is C16H31N3O2. The van der Waals surface area contributed by atoms with E-state index in [-0.39, 0.29) is 6.04 Å². The molecule has 0 saturated carbocycles. The van der Waals surface area contributed by atoms with Crippen LogP contribution in [-0.2, 0) is 4.79 Å². The van der Waals surface area contributed by atoms with Crippen LogP contribution in [0.2, 0.25) is 0 Å². The molecule has 2 saturated heterocycles. The number of piperidine rings is 1. The largest absolute Gasteiger partial charge is 0.480 e. The number of hydrogen-bond acceptors (Lipinski definition) is 4. The summed E-state index contributed by atoms with van der Waals surface area (Å²) >= 11 is 0. The first-order valence-corrected chi connectivity index (χ1v) is 8.38. The lowest BCUT2D eigenvalue weighted by molar-refractivity contribution is -0.145. The van der Waals surface area contributed by atoms with Gasteiger partial charge in [-0.15, -0.1) is 0 Å². The van der Waals surface area contributed by atoms with Crippen LogP contribution in [0.15, 0.2) is 0 Å². The maximum Gasteiger partial charge on any atom is 0.324 e. The van der Waals surface area contributed by atoms with Crippen molar-refractivity contribution in [3.05, 3.63) is 0 Å². The Morgan fingerprint density at radius 1 is 1.29 bits per heavy atom. The number of rotatable bonds is 6. The highest BCUT2D eigenvalue weighted by Crippen LogP contribution is 2.22. The second-order valence-corrected chi connectivity index (χ2v) is 7.21. The lowest BCUT2D eigenvalue weighted by atomic mass is 10.0. The van der Waals surface area contributed by atoms with E-state index in [9.17, 15) is 9.90 Å². The van der Waals surface area contributed by atoms with Crippen LogP contribution in [0, 0.1) is 0 Å². The van der Waals surface area contributed by atoms with Crippen molar-refractivity contribution in [2.75, 3.05) is 32.7 Å². The number of carboxylic acids is 1. The van der Waals surface area contributed by atoms with E-state index in [0.717, 1.165) is 13.1 Å². The minimum atomic E-state index is -0.856. The molecule has 2 N–H and O–H groups in total. The molecular weight excluding hydrogens is 266 g/mol. The van der Waals surface area contributed by atoms with Crippen LogP contribution in [0.1, 0.15) is 46.5 Å². The normalized spacial score (nSPS) is 27.9. The average molecular weight is 297 g/mol. The van der Waals surface area contributed by atoms with Gasteiger partial charge in [0.25, 0.3) is 0 Å². The molecule has 2 unspecified atom stereocenters. The van der Waals surface area contributed by atoms with E-state index >= 15 is 0 Å². The fourth-order valence-corrected chi connectivity index (χ4v) is 3.80. The van der Waals surface area contributed by atoms with Crippen molar-refractivity contribution in [2.45, 2.75) is 64.1 Å². The third-order valence-electron chi connectivity index (χ3n) is 4.77. The van der Waals surface area contributed by atoms with Crippen LogP contribution in [0.3, 0.4) is 0 Å². The third-order valence-corrected chi connectivity index (χ3v) is 4.77. The highest BCUT2D eigenvalue weighted by Gasteiger charge is 2.38. The molecule has 0 aliphatic carbocycles. The van der Waals surface area contributed by atoms with Gasteiger partial charge in [0.2, 0.25) is 0 Å². The smallest absolute Gasteiger partial charge is 0.324 e. The summed E-state index contributed by atoms with van der Waals surface area (Å²) in [5.41, 5.74) is -0.856. The first kappa shape index (κ1) is 16.7. The Balaban J connectivity index is 1.89. The van der Waals surface area contributed by atoms with Gasteiger partial charge >= 0.3 is 5.97 Å². The van der Waals surface area contributed by atoms with Gasteiger partial charge in [0.1, 0.15) is 5.54 Å². The third kappa shape index (κ3) is 4.41. The summed E-state index contributed by atoms with van der Waals surface area (Å²) in [6.45, 7) is 10.9. The Morgan fingerprint density at radius 3 is 2.52 bits per heavy atom. The minimum Gasteiger partial charge on any atom is -0.480 e. The van der Waals surface area contributed by atoms with Gasteiger partial charge in [-0.05, 0) is 59.7 Å². The van der Waals surface area contributed by atoms with Crippen molar-refractivity contribution in [2.24, 2.45) is 0 Å². The van der Waals surface area contributed by atoms with Crippen LogP contribution >= 0.6 is 0 Å². The molecule has 0 radical (unpaired) electrons. The molecule has 2 aliphatic rings. The maximum absolute atomic E-state index is 11.6. The van der Waals surface area contributed by atoms with Crippen molar-refractivity contribution >= 4 is 5.97 Å². The topological polar surface area (TPSA) is 55.8 Å². The number of nitrogens with zero attached hydrogens (tertiary/aromatic N) is 2. The Kier molecular flexibility index (Phi) is 5.63. The van der Waals surface area contributed by atoms with E-state index in [1.54, 1.807) is 0 Å². The summed E-state index contributed by atoms with van der Waals surface area (Å²) in [6.07, 6.45) is 5.18. The van der Waals surface area contributed by atoms with E-state index in [1.165, 1.54) is 38.8 Å². The van der Waals surface area contributed by atoms with Crippen molar-refractivity contribution < 1.29 is 9.90 Å². The Labute approximate surface area is 128 Å². The molecule has 2 rings (SSSR count). The summed E-state index contributed by atoms with van der Waals surface area (Å²) in [7, 11) is 0. The monoisotopic (exact) mass is 297 g/mol. The quantitative estimate of drug-likeness (QED) is 0.776. The molecule has 0 bridgehead atoms. The zero-order chi connectivity index (χ0) is 15.5. The first-order valence-electron chi connectivity index (χ1n) is 8.38. The molecule has 21 heavy (non-hydrogen) atoms. The molecule has 2 aliphatic heterocycles. The minimum absolute atomic E-state index is 0.173. The Hall–Kier alpha value is -0.650. The van der Waals surface area contributed by atoms with Crippen LogP contribution in [0.4, 0.5) is 0 Å². The van der Waals surface area contributed by atoms with Gasteiger partial charge in [-0.25, -0.2) is 0 Å². The Morgan fingerprint density at radius 2 is 1.95 bits per heavy atom. The highest BCUT2D eigenvalue weighted by atomic mass is 16.4. The summed E-state index contributed by atoms with van der Waals surface area (Å²) in [5, 5.41) is 12.8. The van der Waals surface area contributed by atoms with Crippen molar-refractivity contribution in [3.8, 4) is 0 Å². The molecule has 0 aromatic rings. The van der Waals surface area contributed by atoms with Crippen LogP contribution in [0.25, 0.3) is 0 Å². The van der Waals surface area contributed by atoms with Crippen molar-refractivity contribution in [1.29, 1.82) is 0 Å². The van der Waals surface area contributed by atoms with Gasteiger partial charge in [-0.3, -0.25) is 19.9 Å². The predicted octanol–water partition coefficient (Wildman–Crippen LogP) is 1.39. The molecule has 0 amide bonds. The van der Waals surface area contributed by atoms with Gasteiger partial charge in [0.15, 0.2) is 0 Å². The van der Waals surface area contributed by atoms with Crippen LogP contribution in [0.5, 0.6) is 0 Å². The summed E-state index contributed by atoms with van der Waals surface area (Å²) in [4.78, 5) is 16.6. The SMILES string of the molecule is CC(C)NC(C)(CN1CCC(N2CCCCC2)C1)C(=O)O. The van der Waals surface area contributed by atoms with E-state index in [0.29, 0.717) is 12.6 Å². The van der Waals surface area contributed by atoms with E-state index in [1.807, 2.05) is 20.8 Å². The molecule has 2 heterocycles. The number of carboxylic acid groups (broad SMARTS) is 1. The maximum atomic E-state index is 11.6. The van der Waals surface area contributed by atoms with Crippen molar-refractivity contribution in [1.82, 2.24) is 15.1 Å². The number of aliphatic carboxylic acids is 1. The lowest BCUT2D eigenvalue weighted by Crippen LogP contribution is -2.58. The van der Waals surface area contributed by atoms with Gasteiger partial charge in [-0.2, -0.15) is 0 Å². The standard InChI is InChI=1S/C16H31N3O2/c1-13(2)17-16(3,15(20)21)12-18-10-7-14(11-18)19-8-5-4-6-9-19/h13-14,17H,4-12H2,1-3H3,(H,20,21). The van der Waals surface area contributed by atoms with E-state index < -0.39 is 11.5 Å². The second-order valence-electron chi connectivity index (χ2n) is 7.21. The van der Waals surface area contributed by atoms with Gasteiger partial charge in [0.05, 0.1) is 0 Å². The van der Waals surface area contributed by atoms with E-state index in [2.05, 4.69) is 15.1 Å². The number of carbonyl (C=O) groups is 1. The Bertz CT molecular complexity index is 355. The molecule has 2 atom stereocenters. The average Bonchev–Trinajstić information content (AvgIpc) is 2.87. The first-order chi connectivity index (χ1) is 9.90. The van der Waals surface area contributed by atoms with Crippen molar-refractivity contribution in [3.63, 3.8) is 0 Å². The molecule has 0 aromatic carbocycles.